The Morgan fingerprint density at radius 1 is 0.600 bits per heavy atom. The zero-order chi connectivity index (χ0) is 32.8. The van der Waals surface area contributed by atoms with E-state index in [0.717, 1.165) is 36.0 Å². The lowest BCUT2D eigenvalue weighted by Crippen LogP contribution is -2.50. The SMILES string of the molecule is CCCCC(c1ccccc1)C(OB([O-])O)(c1ccccc1)c1ccccc1.CCCC[N+](CCCC)(CCCC)CCCC. The third-order valence-corrected chi connectivity index (χ3v) is 9.18. The summed E-state index contributed by atoms with van der Waals surface area (Å²) in [5.74, 6) is -0.123. The number of benzene rings is 3. The maximum Gasteiger partial charge on any atom is 0.343 e. The zero-order valence-corrected chi connectivity index (χ0v) is 29.1. The quantitative estimate of drug-likeness (QED) is 0.0960. The predicted molar refractivity (Wildman–Crippen MR) is 191 cm³/mol. The monoisotopic (exact) mass is 615 g/mol. The lowest BCUT2D eigenvalue weighted by molar-refractivity contribution is -0.929. The van der Waals surface area contributed by atoms with Crippen LogP contribution >= 0.6 is 0 Å². The Labute approximate surface area is 276 Å². The Balaban J connectivity index is 0.000000358. The maximum absolute atomic E-state index is 12.0. The van der Waals surface area contributed by atoms with Crippen LogP contribution in [0.1, 0.15) is 128 Å². The van der Waals surface area contributed by atoms with Gasteiger partial charge in [-0.3, -0.25) is 0 Å². The molecule has 0 radical (unpaired) electrons. The van der Waals surface area contributed by atoms with Crippen molar-refractivity contribution < 1.29 is 19.2 Å². The standard InChI is InChI=1S/C24H26BO3.C16H36N/c1-2-3-19-23(20-13-7-4-8-14-20)24(28-25(26)27,21-15-9-5-10-16-21)22-17-11-6-12-18-22;1-5-9-13-17(14-10-6-2,15-11-7-3)16-12-8-4/h4-18,23,26H,2-3,19H2,1H3;5-16H2,1-4H3/q-1;+1. The highest BCUT2D eigenvalue weighted by Crippen LogP contribution is 2.48. The van der Waals surface area contributed by atoms with Gasteiger partial charge in [-0.25, -0.2) is 0 Å². The van der Waals surface area contributed by atoms with Gasteiger partial charge in [0, 0.05) is 5.92 Å². The average molecular weight is 616 g/mol. The fourth-order valence-electron chi connectivity index (χ4n) is 6.66. The Morgan fingerprint density at radius 2 is 0.956 bits per heavy atom. The number of nitrogens with zero attached hydrogens (tertiary/aromatic N) is 1. The Kier molecular flexibility index (Phi) is 19.1. The molecule has 0 heterocycles. The van der Waals surface area contributed by atoms with E-state index in [4.69, 9.17) is 4.65 Å². The molecule has 4 nitrogen and oxygen atoms in total. The molecule has 1 atom stereocenters. The number of hydrogen-bond donors (Lipinski definition) is 1. The first-order chi connectivity index (χ1) is 21.9. The topological polar surface area (TPSA) is 52.5 Å². The minimum Gasteiger partial charge on any atom is -0.832 e. The van der Waals surface area contributed by atoms with Crippen LogP contribution in [0.2, 0.25) is 0 Å². The minimum atomic E-state index is -2.15. The molecule has 0 spiro atoms. The molecule has 0 aliphatic carbocycles. The van der Waals surface area contributed by atoms with Crippen molar-refractivity contribution in [1.82, 2.24) is 0 Å². The molecule has 0 aliphatic rings. The lowest BCUT2D eigenvalue weighted by atomic mass is 9.70. The first-order valence-corrected chi connectivity index (χ1v) is 18.0. The number of unbranched alkanes of at least 4 members (excludes halogenated alkanes) is 5. The van der Waals surface area contributed by atoms with Crippen LogP contribution in [0.5, 0.6) is 0 Å². The van der Waals surface area contributed by atoms with Crippen molar-refractivity contribution in [2.45, 2.75) is 117 Å². The van der Waals surface area contributed by atoms with E-state index in [1.807, 2.05) is 78.9 Å². The Hall–Kier alpha value is -2.44. The van der Waals surface area contributed by atoms with Gasteiger partial charge in [-0.15, -0.1) is 0 Å². The van der Waals surface area contributed by atoms with Crippen molar-refractivity contribution in [2.24, 2.45) is 0 Å². The summed E-state index contributed by atoms with van der Waals surface area (Å²) < 4.78 is 7.34. The minimum absolute atomic E-state index is 0.123. The molecule has 248 valence electrons. The molecule has 3 aromatic rings. The van der Waals surface area contributed by atoms with Gasteiger partial charge in [-0.2, -0.15) is 0 Å². The largest absolute Gasteiger partial charge is 0.832 e. The smallest absolute Gasteiger partial charge is 0.343 e. The number of hydrogen-bond acceptors (Lipinski definition) is 3. The fourth-order valence-corrected chi connectivity index (χ4v) is 6.66. The van der Waals surface area contributed by atoms with Crippen molar-refractivity contribution in [3.05, 3.63) is 108 Å². The molecule has 0 fully saturated rings. The molecule has 0 amide bonds. The van der Waals surface area contributed by atoms with E-state index in [9.17, 15) is 10.0 Å². The molecule has 0 saturated heterocycles. The molecule has 3 aromatic carbocycles. The van der Waals surface area contributed by atoms with Crippen LogP contribution in [-0.2, 0) is 10.3 Å². The van der Waals surface area contributed by atoms with Gasteiger partial charge in [0.15, 0.2) is 0 Å². The predicted octanol–water partition coefficient (Wildman–Crippen LogP) is 9.26. The van der Waals surface area contributed by atoms with Crippen LogP contribution < -0.4 is 5.02 Å². The van der Waals surface area contributed by atoms with Gasteiger partial charge in [-0.05, 0) is 48.8 Å². The summed E-state index contributed by atoms with van der Waals surface area (Å²) in [6.07, 6.45) is 13.9. The summed E-state index contributed by atoms with van der Waals surface area (Å²) in [6.45, 7) is 17.2. The molecule has 1 unspecified atom stereocenters. The van der Waals surface area contributed by atoms with E-state index in [2.05, 4.69) is 46.8 Å². The second kappa shape index (κ2) is 22.2. The molecule has 0 bridgehead atoms. The van der Waals surface area contributed by atoms with Crippen LogP contribution in [0, 0.1) is 0 Å². The third kappa shape index (κ3) is 12.4. The van der Waals surface area contributed by atoms with E-state index in [1.165, 1.54) is 82.0 Å². The van der Waals surface area contributed by atoms with Gasteiger partial charge in [0.1, 0.15) is 5.60 Å². The fraction of sp³-hybridized carbons (Fsp3) is 0.550. The molecule has 0 aliphatic heterocycles. The van der Waals surface area contributed by atoms with Gasteiger partial charge < -0.3 is 19.2 Å². The molecule has 0 aromatic heterocycles. The second-order valence-corrected chi connectivity index (χ2v) is 12.6. The second-order valence-electron chi connectivity index (χ2n) is 12.6. The summed E-state index contributed by atoms with van der Waals surface area (Å²) in [4.78, 5) is 0. The van der Waals surface area contributed by atoms with Crippen molar-refractivity contribution in [2.75, 3.05) is 26.2 Å². The summed E-state index contributed by atoms with van der Waals surface area (Å²) >= 11 is 0. The van der Waals surface area contributed by atoms with E-state index >= 15 is 0 Å². The van der Waals surface area contributed by atoms with Crippen LogP contribution in [0.15, 0.2) is 91.0 Å². The van der Waals surface area contributed by atoms with Crippen molar-refractivity contribution in [3.8, 4) is 0 Å². The van der Waals surface area contributed by atoms with Crippen LogP contribution in [0.4, 0.5) is 0 Å². The molecule has 5 heteroatoms. The van der Waals surface area contributed by atoms with E-state index in [0.29, 0.717) is 0 Å². The van der Waals surface area contributed by atoms with E-state index in [1.54, 1.807) is 0 Å². The maximum atomic E-state index is 12.0. The molecule has 45 heavy (non-hydrogen) atoms. The first kappa shape index (κ1) is 38.7. The van der Waals surface area contributed by atoms with E-state index < -0.39 is 12.9 Å². The van der Waals surface area contributed by atoms with Gasteiger partial charge in [-0.1, -0.05) is 164 Å². The van der Waals surface area contributed by atoms with Crippen LogP contribution in [0.25, 0.3) is 0 Å². The van der Waals surface area contributed by atoms with Gasteiger partial charge in [0.2, 0.25) is 0 Å². The highest BCUT2D eigenvalue weighted by molar-refractivity contribution is 6.30. The molecule has 1 N–H and O–H groups in total. The summed E-state index contributed by atoms with van der Waals surface area (Å²) in [7, 11) is -2.15. The highest BCUT2D eigenvalue weighted by Gasteiger charge is 2.44. The van der Waals surface area contributed by atoms with Crippen molar-refractivity contribution in [3.63, 3.8) is 0 Å². The van der Waals surface area contributed by atoms with Gasteiger partial charge in [0.05, 0.1) is 26.2 Å². The number of quaternary nitrogens is 1. The molecule has 0 saturated carbocycles. The molecular weight excluding hydrogens is 553 g/mol. The summed E-state index contributed by atoms with van der Waals surface area (Å²) in [6, 6.07) is 29.6. The molecule has 3 rings (SSSR count). The average Bonchev–Trinajstić information content (AvgIpc) is 3.08. The lowest BCUT2D eigenvalue weighted by Gasteiger charge is -2.45. The summed E-state index contributed by atoms with van der Waals surface area (Å²) in [5.41, 5.74) is 1.73. The Morgan fingerprint density at radius 3 is 1.29 bits per heavy atom. The van der Waals surface area contributed by atoms with E-state index in [-0.39, 0.29) is 5.92 Å². The zero-order valence-electron chi connectivity index (χ0n) is 29.1. The molecular formula is C40H62BNO3. The normalized spacial score (nSPS) is 12.3. The van der Waals surface area contributed by atoms with Crippen molar-refractivity contribution in [1.29, 1.82) is 0 Å². The number of rotatable bonds is 21. The van der Waals surface area contributed by atoms with Gasteiger partial charge >= 0.3 is 7.32 Å². The van der Waals surface area contributed by atoms with Crippen molar-refractivity contribution >= 4 is 7.32 Å². The van der Waals surface area contributed by atoms with Crippen LogP contribution in [0.3, 0.4) is 0 Å². The van der Waals surface area contributed by atoms with Gasteiger partial charge in [0.25, 0.3) is 0 Å². The highest BCUT2D eigenvalue weighted by atomic mass is 16.6. The summed E-state index contributed by atoms with van der Waals surface area (Å²) in [5, 5.41) is 21.9. The third-order valence-electron chi connectivity index (χ3n) is 9.18. The first-order valence-electron chi connectivity index (χ1n) is 18.0. The Bertz CT molecular complexity index is 1030. The van der Waals surface area contributed by atoms with Crippen LogP contribution in [-0.4, -0.2) is 43.0 Å².